The molecule has 0 aliphatic carbocycles. The van der Waals surface area contributed by atoms with Crippen LogP contribution in [-0.2, 0) is 24.0 Å². The number of hydrogen-bond donors (Lipinski definition) is 2. The molecule has 3 unspecified atom stereocenters. The molecule has 2 N–H and O–H groups in total. The van der Waals surface area contributed by atoms with Crippen molar-refractivity contribution in [3.8, 4) is 0 Å². The number of carbonyl (C=O) groups excluding carboxylic acids is 4. The van der Waals surface area contributed by atoms with E-state index in [0.29, 0.717) is 19.4 Å². The number of Topliss-reactive ketones (excluding diaryl/α,β-unsaturated/α-hetero) is 2. The number of amides is 2. The van der Waals surface area contributed by atoms with Crippen LogP contribution in [0.4, 0.5) is 0 Å². The van der Waals surface area contributed by atoms with Crippen LogP contribution in [0.25, 0.3) is 0 Å². The van der Waals surface area contributed by atoms with Crippen LogP contribution in [0.5, 0.6) is 0 Å². The van der Waals surface area contributed by atoms with Gasteiger partial charge in [-0.05, 0) is 38.3 Å². The first-order valence-electron chi connectivity index (χ1n) is 10.8. The van der Waals surface area contributed by atoms with Crippen molar-refractivity contribution in [3.05, 3.63) is 0 Å². The lowest BCUT2D eigenvalue weighted by Gasteiger charge is -2.30. The van der Waals surface area contributed by atoms with Crippen molar-refractivity contribution in [1.82, 2.24) is 15.1 Å². The molecule has 0 aromatic rings. The summed E-state index contributed by atoms with van der Waals surface area (Å²) >= 11 is 0. The van der Waals surface area contributed by atoms with Crippen molar-refractivity contribution in [2.24, 2.45) is 5.92 Å². The van der Waals surface area contributed by atoms with Crippen LogP contribution < -0.4 is 5.32 Å². The Morgan fingerprint density at radius 2 is 1.77 bits per heavy atom. The van der Waals surface area contributed by atoms with E-state index in [-0.39, 0.29) is 61.1 Å². The minimum absolute atomic E-state index is 0.0477. The normalized spacial score (nSPS) is 24.1. The maximum absolute atomic E-state index is 13.2. The van der Waals surface area contributed by atoms with Gasteiger partial charge in [-0.3, -0.25) is 28.9 Å². The van der Waals surface area contributed by atoms with Gasteiger partial charge in [0.05, 0.1) is 19.0 Å². The first-order chi connectivity index (χ1) is 14.3. The Labute approximate surface area is 177 Å². The first-order valence-corrected chi connectivity index (χ1v) is 10.8. The van der Waals surface area contributed by atoms with Gasteiger partial charge in [0.25, 0.3) is 0 Å². The quantitative estimate of drug-likeness (QED) is 0.499. The molecule has 2 rings (SSSR count). The number of likely N-dealkylation sites (tertiary alicyclic amines) is 2. The fourth-order valence-electron chi connectivity index (χ4n) is 4.34. The Bertz CT molecular complexity index is 680. The summed E-state index contributed by atoms with van der Waals surface area (Å²) in [5.74, 6) is -1.95. The molecule has 168 valence electrons. The molecular formula is C21H33N3O6. The Hall–Kier alpha value is -2.29. The van der Waals surface area contributed by atoms with Crippen molar-refractivity contribution in [2.75, 3.05) is 26.2 Å². The van der Waals surface area contributed by atoms with Crippen LogP contribution in [0.3, 0.4) is 0 Å². The van der Waals surface area contributed by atoms with Gasteiger partial charge in [0.2, 0.25) is 11.8 Å². The second-order valence-corrected chi connectivity index (χ2v) is 8.14. The molecule has 2 heterocycles. The van der Waals surface area contributed by atoms with E-state index >= 15 is 0 Å². The molecule has 0 aromatic heterocycles. The van der Waals surface area contributed by atoms with E-state index in [1.54, 1.807) is 11.8 Å². The molecule has 30 heavy (non-hydrogen) atoms. The first kappa shape index (κ1) is 24.0. The molecule has 2 aliphatic rings. The second kappa shape index (κ2) is 11.2. The van der Waals surface area contributed by atoms with Crippen LogP contribution in [0.2, 0.25) is 0 Å². The molecule has 0 bridgehead atoms. The van der Waals surface area contributed by atoms with Gasteiger partial charge in [-0.15, -0.1) is 0 Å². The zero-order valence-electron chi connectivity index (χ0n) is 17.9. The number of hydrogen-bond acceptors (Lipinski definition) is 6. The standard InChI is InChI=1S/C21H33N3O6/c1-3-15(25)12-22-20(29)18-11-14(10-16(26)7-8-19(27)28)13-24(18)21(30)17-6-5-9-23(17)4-2/h14,17-18H,3-13H2,1-2H3,(H,22,29)(H,27,28). The topological polar surface area (TPSA) is 124 Å². The summed E-state index contributed by atoms with van der Waals surface area (Å²) in [7, 11) is 0. The Balaban J connectivity index is 2.08. The molecule has 0 saturated carbocycles. The highest BCUT2D eigenvalue weighted by Gasteiger charge is 2.43. The van der Waals surface area contributed by atoms with Crippen molar-refractivity contribution in [3.63, 3.8) is 0 Å². The number of carboxylic acid groups (broad SMARTS) is 1. The number of nitrogens with one attached hydrogen (secondary N) is 1. The highest BCUT2D eigenvalue weighted by atomic mass is 16.4. The minimum atomic E-state index is -1.02. The third-order valence-electron chi connectivity index (χ3n) is 6.02. The molecule has 2 aliphatic heterocycles. The zero-order valence-corrected chi connectivity index (χ0v) is 17.9. The Kier molecular flexibility index (Phi) is 8.95. The lowest BCUT2D eigenvalue weighted by Crippen LogP contribution is -2.52. The molecule has 9 heteroatoms. The summed E-state index contributed by atoms with van der Waals surface area (Å²) in [6.07, 6.45) is 2.22. The van der Waals surface area contributed by atoms with Crippen LogP contribution in [0.1, 0.15) is 58.8 Å². The van der Waals surface area contributed by atoms with Crippen molar-refractivity contribution in [1.29, 1.82) is 0 Å². The summed E-state index contributed by atoms with van der Waals surface area (Å²) < 4.78 is 0. The van der Waals surface area contributed by atoms with Gasteiger partial charge in [-0.2, -0.15) is 0 Å². The summed E-state index contributed by atoms with van der Waals surface area (Å²) in [4.78, 5) is 64.1. The number of rotatable bonds is 11. The lowest BCUT2D eigenvalue weighted by atomic mass is 9.97. The number of carboxylic acids is 1. The molecule has 2 saturated heterocycles. The van der Waals surface area contributed by atoms with Gasteiger partial charge in [0.15, 0.2) is 5.78 Å². The van der Waals surface area contributed by atoms with Gasteiger partial charge < -0.3 is 15.3 Å². The van der Waals surface area contributed by atoms with Crippen LogP contribution in [0, 0.1) is 5.92 Å². The molecule has 0 spiro atoms. The van der Waals surface area contributed by atoms with Crippen molar-refractivity contribution < 1.29 is 29.1 Å². The Morgan fingerprint density at radius 1 is 1.03 bits per heavy atom. The highest BCUT2D eigenvalue weighted by Crippen LogP contribution is 2.30. The number of ketones is 2. The lowest BCUT2D eigenvalue weighted by molar-refractivity contribution is -0.142. The van der Waals surface area contributed by atoms with Gasteiger partial charge in [0, 0.05) is 25.8 Å². The molecule has 2 fully saturated rings. The van der Waals surface area contributed by atoms with Gasteiger partial charge in [-0.1, -0.05) is 13.8 Å². The zero-order chi connectivity index (χ0) is 22.3. The molecule has 0 radical (unpaired) electrons. The van der Waals surface area contributed by atoms with E-state index in [1.165, 1.54) is 0 Å². The highest BCUT2D eigenvalue weighted by molar-refractivity contribution is 5.93. The monoisotopic (exact) mass is 423 g/mol. The largest absolute Gasteiger partial charge is 0.481 e. The molecular weight excluding hydrogens is 390 g/mol. The van der Waals surface area contributed by atoms with Gasteiger partial charge >= 0.3 is 5.97 Å². The minimum Gasteiger partial charge on any atom is -0.481 e. The molecule has 2 amide bonds. The fraction of sp³-hybridized carbons (Fsp3) is 0.762. The molecule has 0 aromatic carbocycles. The summed E-state index contributed by atoms with van der Waals surface area (Å²) in [6, 6.07) is -0.970. The number of nitrogens with zero attached hydrogens (tertiary/aromatic N) is 2. The van der Waals surface area contributed by atoms with E-state index in [9.17, 15) is 24.0 Å². The summed E-state index contributed by atoms with van der Waals surface area (Å²) in [6.45, 7) is 5.55. The van der Waals surface area contributed by atoms with Crippen LogP contribution in [-0.4, -0.2) is 82.5 Å². The van der Waals surface area contributed by atoms with E-state index in [4.69, 9.17) is 5.11 Å². The van der Waals surface area contributed by atoms with Gasteiger partial charge in [0.1, 0.15) is 11.8 Å². The smallest absolute Gasteiger partial charge is 0.303 e. The Morgan fingerprint density at radius 3 is 2.40 bits per heavy atom. The van der Waals surface area contributed by atoms with Crippen molar-refractivity contribution >= 4 is 29.4 Å². The van der Waals surface area contributed by atoms with E-state index in [1.807, 2.05) is 6.92 Å². The third-order valence-corrected chi connectivity index (χ3v) is 6.02. The van der Waals surface area contributed by atoms with Crippen LogP contribution >= 0.6 is 0 Å². The number of likely N-dealkylation sites (N-methyl/N-ethyl adjacent to an activating group) is 1. The summed E-state index contributed by atoms with van der Waals surface area (Å²) in [5.41, 5.74) is 0. The van der Waals surface area contributed by atoms with E-state index in [2.05, 4.69) is 10.2 Å². The van der Waals surface area contributed by atoms with Crippen LogP contribution in [0.15, 0.2) is 0 Å². The predicted octanol–water partition coefficient (Wildman–Crippen LogP) is 0.607. The predicted molar refractivity (Wildman–Crippen MR) is 109 cm³/mol. The second-order valence-electron chi connectivity index (χ2n) is 8.14. The average molecular weight is 424 g/mol. The SMILES string of the molecule is CCC(=O)CNC(=O)C1CC(CC(=O)CCC(=O)O)CN1C(=O)C1CCCN1CC. The van der Waals surface area contributed by atoms with Crippen molar-refractivity contribution in [2.45, 2.75) is 70.9 Å². The maximum Gasteiger partial charge on any atom is 0.303 e. The van der Waals surface area contributed by atoms with E-state index < -0.39 is 12.0 Å². The third kappa shape index (κ3) is 6.35. The molecule has 9 nitrogen and oxygen atoms in total. The number of aliphatic carboxylic acids is 1. The van der Waals surface area contributed by atoms with E-state index in [0.717, 1.165) is 25.9 Å². The maximum atomic E-state index is 13.2. The fourth-order valence-corrected chi connectivity index (χ4v) is 4.34. The number of carbonyl (C=O) groups is 5. The summed E-state index contributed by atoms with van der Waals surface area (Å²) in [5, 5.41) is 11.4. The van der Waals surface area contributed by atoms with Gasteiger partial charge in [-0.25, -0.2) is 0 Å². The average Bonchev–Trinajstić information content (AvgIpc) is 3.36. The molecule has 3 atom stereocenters.